The summed E-state index contributed by atoms with van der Waals surface area (Å²) in [5.41, 5.74) is 6.75. The lowest BCUT2D eigenvalue weighted by molar-refractivity contribution is 0.372. The summed E-state index contributed by atoms with van der Waals surface area (Å²) in [6.45, 7) is 3.11. The summed E-state index contributed by atoms with van der Waals surface area (Å²) in [4.78, 5) is 0. The van der Waals surface area contributed by atoms with Gasteiger partial charge in [0, 0.05) is 30.3 Å². The quantitative estimate of drug-likeness (QED) is 0.550. The van der Waals surface area contributed by atoms with Crippen LogP contribution in [0.4, 0.5) is 5.69 Å². The zero-order valence-corrected chi connectivity index (χ0v) is 18.3. The zero-order chi connectivity index (χ0) is 20.1. The average Bonchev–Trinajstić information content (AvgIpc) is 2.78. The van der Waals surface area contributed by atoms with Gasteiger partial charge in [-0.1, -0.05) is 49.1 Å². The van der Waals surface area contributed by atoms with Gasteiger partial charge in [0.25, 0.3) is 0 Å². The van der Waals surface area contributed by atoms with Crippen molar-refractivity contribution in [1.29, 1.82) is 0 Å². The topological polar surface area (TPSA) is 36.1 Å². The van der Waals surface area contributed by atoms with Crippen molar-refractivity contribution in [3.8, 4) is 11.1 Å². The number of benzene rings is 2. The highest BCUT2D eigenvalue weighted by molar-refractivity contribution is 6.30. The van der Waals surface area contributed by atoms with E-state index in [0.717, 1.165) is 24.7 Å². The van der Waals surface area contributed by atoms with Gasteiger partial charge in [-0.2, -0.15) is 0 Å². The summed E-state index contributed by atoms with van der Waals surface area (Å²) < 4.78 is 0. The van der Waals surface area contributed by atoms with Crippen LogP contribution >= 0.6 is 11.6 Å². The van der Waals surface area contributed by atoms with Crippen molar-refractivity contribution < 1.29 is 0 Å². The molecule has 1 aliphatic heterocycles. The summed E-state index contributed by atoms with van der Waals surface area (Å²) in [5.74, 6) is 0.572. The lowest BCUT2D eigenvalue weighted by Gasteiger charge is -2.30. The number of nitrogens with one attached hydrogen (secondary N) is 3. The smallest absolute Gasteiger partial charge is 0.0412 e. The molecule has 0 spiro atoms. The Morgan fingerprint density at radius 1 is 1.00 bits per heavy atom. The molecule has 4 heteroatoms. The molecule has 1 heterocycles. The molecule has 1 aliphatic carbocycles. The summed E-state index contributed by atoms with van der Waals surface area (Å²) in [6.07, 6.45) is 9.09. The van der Waals surface area contributed by atoms with Gasteiger partial charge in [0.2, 0.25) is 0 Å². The fourth-order valence-electron chi connectivity index (χ4n) is 5.11. The van der Waals surface area contributed by atoms with Crippen LogP contribution in [-0.2, 0) is 6.54 Å². The molecule has 2 fully saturated rings. The Balaban J connectivity index is 1.74. The van der Waals surface area contributed by atoms with Crippen LogP contribution in [0.1, 0.15) is 62.0 Å². The standard InChI is InChI=1S/C25H34ClN3/c1-27-23-11-10-20(17-29-22-8-3-2-4-9-22)24(19-6-5-7-21(26)16-19)25(23)18-12-14-28-15-13-18/h5-7,10-11,16,18,22,27-29H,2-4,8-9,12-15,17H2,1H3. The second-order valence-electron chi connectivity index (χ2n) is 8.56. The first-order valence-electron chi connectivity index (χ1n) is 11.3. The number of hydrogen-bond acceptors (Lipinski definition) is 3. The third-order valence-corrected chi connectivity index (χ3v) is 6.88. The maximum absolute atomic E-state index is 6.42. The monoisotopic (exact) mass is 411 g/mol. The lowest BCUT2D eigenvalue weighted by atomic mass is 9.81. The lowest BCUT2D eigenvalue weighted by Crippen LogP contribution is -2.31. The van der Waals surface area contributed by atoms with Gasteiger partial charge in [-0.15, -0.1) is 0 Å². The van der Waals surface area contributed by atoms with E-state index in [4.69, 9.17) is 11.6 Å². The van der Waals surface area contributed by atoms with E-state index < -0.39 is 0 Å². The molecule has 1 saturated heterocycles. The average molecular weight is 412 g/mol. The molecule has 1 saturated carbocycles. The summed E-state index contributed by atoms with van der Waals surface area (Å²) >= 11 is 6.42. The van der Waals surface area contributed by atoms with Gasteiger partial charge >= 0.3 is 0 Å². The zero-order valence-electron chi connectivity index (χ0n) is 17.6. The van der Waals surface area contributed by atoms with Crippen molar-refractivity contribution in [2.75, 3.05) is 25.5 Å². The van der Waals surface area contributed by atoms with Gasteiger partial charge in [0.1, 0.15) is 0 Å². The first-order chi connectivity index (χ1) is 14.3. The highest BCUT2D eigenvalue weighted by atomic mass is 35.5. The van der Waals surface area contributed by atoms with Crippen molar-refractivity contribution in [2.24, 2.45) is 0 Å². The minimum Gasteiger partial charge on any atom is -0.388 e. The number of piperidine rings is 1. The fraction of sp³-hybridized carbons (Fsp3) is 0.520. The van der Waals surface area contributed by atoms with Gasteiger partial charge in [0.05, 0.1) is 0 Å². The van der Waals surface area contributed by atoms with Crippen LogP contribution < -0.4 is 16.0 Å². The molecule has 2 aromatic carbocycles. The van der Waals surface area contributed by atoms with Gasteiger partial charge in [-0.25, -0.2) is 0 Å². The minimum atomic E-state index is 0.572. The molecule has 2 aromatic rings. The van der Waals surface area contributed by atoms with Crippen molar-refractivity contribution in [3.63, 3.8) is 0 Å². The van der Waals surface area contributed by atoms with E-state index in [9.17, 15) is 0 Å². The Morgan fingerprint density at radius 3 is 2.52 bits per heavy atom. The molecule has 0 atom stereocenters. The van der Waals surface area contributed by atoms with Crippen LogP contribution in [0.2, 0.25) is 5.02 Å². The van der Waals surface area contributed by atoms with E-state index in [1.54, 1.807) is 0 Å². The highest BCUT2D eigenvalue weighted by Gasteiger charge is 2.24. The van der Waals surface area contributed by atoms with E-state index in [0.29, 0.717) is 12.0 Å². The molecule has 0 amide bonds. The maximum atomic E-state index is 6.42. The second-order valence-corrected chi connectivity index (χ2v) is 9.00. The highest BCUT2D eigenvalue weighted by Crippen LogP contribution is 2.41. The Bertz CT molecular complexity index is 808. The third kappa shape index (κ3) is 4.96. The number of anilines is 1. The predicted octanol–water partition coefficient (Wildman–Crippen LogP) is 5.94. The van der Waals surface area contributed by atoms with Crippen LogP contribution in [0.3, 0.4) is 0 Å². The van der Waals surface area contributed by atoms with Crippen LogP contribution in [0, 0.1) is 0 Å². The maximum Gasteiger partial charge on any atom is 0.0412 e. The molecule has 156 valence electrons. The van der Waals surface area contributed by atoms with Crippen LogP contribution in [0.5, 0.6) is 0 Å². The molecule has 3 N–H and O–H groups in total. The van der Waals surface area contributed by atoms with E-state index in [1.807, 2.05) is 13.1 Å². The third-order valence-electron chi connectivity index (χ3n) is 6.65. The van der Waals surface area contributed by atoms with Gasteiger partial charge < -0.3 is 16.0 Å². The van der Waals surface area contributed by atoms with Crippen LogP contribution in [-0.4, -0.2) is 26.2 Å². The SMILES string of the molecule is CNc1ccc(CNC2CCCCC2)c(-c2cccc(Cl)c2)c1C1CCNCC1. The molecule has 3 nitrogen and oxygen atoms in total. The fourth-order valence-corrected chi connectivity index (χ4v) is 5.30. The molecular formula is C25H34ClN3. The van der Waals surface area contributed by atoms with E-state index >= 15 is 0 Å². The van der Waals surface area contributed by atoms with Gasteiger partial charge in [-0.3, -0.25) is 0 Å². The molecule has 0 unspecified atom stereocenters. The van der Waals surface area contributed by atoms with Crippen LogP contribution in [0.25, 0.3) is 11.1 Å². The summed E-state index contributed by atoms with van der Waals surface area (Å²) in [7, 11) is 2.04. The van der Waals surface area contributed by atoms with Crippen molar-refractivity contribution in [3.05, 3.63) is 52.5 Å². The molecule has 4 rings (SSSR count). The van der Waals surface area contributed by atoms with E-state index in [2.05, 4.69) is 46.3 Å². The second kappa shape index (κ2) is 9.97. The van der Waals surface area contributed by atoms with Gasteiger partial charge in [-0.05, 0) is 85.1 Å². The minimum absolute atomic E-state index is 0.572. The molecule has 0 bridgehead atoms. The molecule has 0 radical (unpaired) electrons. The molecular weight excluding hydrogens is 378 g/mol. The van der Waals surface area contributed by atoms with Crippen LogP contribution in [0.15, 0.2) is 36.4 Å². The largest absolute Gasteiger partial charge is 0.388 e. The molecule has 29 heavy (non-hydrogen) atoms. The van der Waals surface area contributed by atoms with Crippen molar-refractivity contribution in [2.45, 2.75) is 63.5 Å². The van der Waals surface area contributed by atoms with Gasteiger partial charge in [0.15, 0.2) is 0 Å². The number of rotatable bonds is 6. The van der Waals surface area contributed by atoms with Crippen molar-refractivity contribution in [1.82, 2.24) is 10.6 Å². The summed E-state index contributed by atoms with van der Waals surface area (Å²) in [6, 6.07) is 13.6. The molecule has 0 aromatic heterocycles. The van der Waals surface area contributed by atoms with Crippen molar-refractivity contribution >= 4 is 17.3 Å². The first-order valence-corrected chi connectivity index (χ1v) is 11.7. The number of hydrogen-bond donors (Lipinski definition) is 3. The van der Waals surface area contributed by atoms with E-state index in [1.165, 1.54) is 72.9 Å². The Labute approximate surface area is 180 Å². The molecule has 2 aliphatic rings. The Kier molecular flexibility index (Phi) is 7.12. The Morgan fingerprint density at radius 2 is 1.79 bits per heavy atom. The predicted molar refractivity (Wildman–Crippen MR) is 125 cm³/mol. The van der Waals surface area contributed by atoms with E-state index in [-0.39, 0.29) is 0 Å². The first kappa shape index (κ1) is 20.7. The number of halogens is 1. The normalized spacial score (nSPS) is 18.7. The Hall–Kier alpha value is -1.55. The summed E-state index contributed by atoms with van der Waals surface area (Å²) in [5, 5.41) is 11.7.